The van der Waals surface area contributed by atoms with Gasteiger partial charge in [-0.05, 0) is 95.4 Å². The van der Waals surface area contributed by atoms with Crippen LogP contribution in [0.3, 0.4) is 0 Å². The molecule has 0 bridgehead atoms. The normalized spacial score (nSPS) is 23.4. The van der Waals surface area contributed by atoms with E-state index in [1.807, 2.05) is 69.5 Å². The summed E-state index contributed by atoms with van der Waals surface area (Å²) in [6.45, 7) is 15.2. The lowest BCUT2D eigenvalue weighted by Gasteiger charge is -2.39. The van der Waals surface area contributed by atoms with Gasteiger partial charge in [-0.25, -0.2) is 4.79 Å². The first-order chi connectivity index (χ1) is 33.6. The Labute approximate surface area is 413 Å². The molecular weight excluding hydrogens is 893 g/mol. The number of anilines is 2. The van der Waals surface area contributed by atoms with Crippen molar-refractivity contribution in [2.45, 2.75) is 140 Å². The second kappa shape index (κ2) is 22.7. The highest BCUT2D eigenvalue weighted by Crippen LogP contribution is 2.36. The van der Waals surface area contributed by atoms with Crippen LogP contribution in [0.5, 0.6) is 0 Å². The van der Waals surface area contributed by atoms with Crippen LogP contribution in [0.2, 0.25) is 0 Å². The van der Waals surface area contributed by atoms with Crippen LogP contribution in [0, 0.1) is 0 Å². The Balaban J connectivity index is 0.000000156. The van der Waals surface area contributed by atoms with Gasteiger partial charge in [-0.2, -0.15) is 0 Å². The molecule has 0 radical (unpaired) electrons. The first-order valence-electron chi connectivity index (χ1n) is 25.9. The highest BCUT2D eigenvalue weighted by molar-refractivity contribution is 6.02. The summed E-state index contributed by atoms with van der Waals surface area (Å²) in [5.74, 6) is 0.0757. The third kappa shape index (κ3) is 12.5. The molecule has 6 fully saturated rings. The van der Waals surface area contributed by atoms with Gasteiger partial charge in [0.15, 0.2) is 0 Å². The predicted octanol–water partition coefficient (Wildman–Crippen LogP) is 4.79. The molecule has 8 heterocycles. The molecule has 10 rings (SSSR count). The lowest BCUT2D eigenvalue weighted by Crippen LogP contribution is -2.50. The Bertz CT molecular complexity index is 2230. The van der Waals surface area contributed by atoms with Crippen molar-refractivity contribution in [3.05, 3.63) is 59.7 Å². The maximum Gasteiger partial charge on any atom is 0.410 e. The fourth-order valence-corrected chi connectivity index (χ4v) is 11.7. The van der Waals surface area contributed by atoms with Crippen LogP contribution in [0.1, 0.15) is 109 Å². The Hall–Kier alpha value is -5.55. The third-order valence-electron chi connectivity index (χ3n) is 15.3. The summed E-state index contributed by atoms with van der Waals surface area (Å²) in [7, 11) is 0. The average molecular weight is 967 g/mol. The Kier molecular flexibility index (Phi) is 16.5. The van der Waals surface area contributed by atoms with Gasteiger partial charge in [0.05, 0.1) is 19.3 Å². The molecule has 8 aliphatic heterocycles. The Morgan fingerprint density at radius 3 is 1.43 bits per heavy atom. The summed E-state index contributed by atoms with van der Waals surface area (Å²) >= 11 is 0. The van der Waals surface area contributed by atoms with E-state index in [2.05, 4.69) is 34.1 Å². The second-order valence-corrected chi connectivity index (χ2v) is 21.2. The van der Waals surface area contributed by atoms with Crippen molar-refractivity contribution in [2.24, 2.45) is 0 Å². The molecule has 2 aromatic carbocycles. The van der Waals surface area contributed by atoms with Gasteiger partial charge >= 0.3 is 12.1 Å². The Morgan fingerprint density at radius 2 is 0.986 bits per heavy atom. The van der Waals surface area contributed by atoms with Crippen molar-refractivity contribution in [1.82, 2.24) is 29.4 Å². The molecule has 1 N–H and O–H groups in total. The molecule has 0 unspecified atom stereocenters. The van der Waals surface area contributed by atoms with E-state index in [4.69, 9.17) is 9.84 Å². The number of ether oxygens (including phenoxy) is 1. The van der Waals surface area contributed by atoms with Gasteiger partial charge < -0.3 is 39.2 Å². The standard InChI is InChI=1S/C24H32N4O3.C22H31N3O3.C7H11NO3/c29-22-6-3-11-26(22)15-10-23(30)27-14-9-20(17-27)25-12-7-19(8-13-25)28-21-5-2-1-4-18(21)16-24(28)31;1-22(2,3)28-21(27)24-13-10-18(15-24)23-11-8-17(9-12-23)25-19-7-5-4-6-16(19)14-20(25)26;9-6-2-1-4-8(6)5-3-7(10)11/h1-2,4-5,19-20H,3,6-17H2;4-7,17-18H,8-15H2,1-3H3;1-5H2,(H,10,11)/t20-;18-;/m00./s1. The topological polar surface area (TPSA) is 175 Å². The average Bonchev–Trinajstić information content (AvgIpc) is 4.21. The monoisotopic (exact) mass is 967 g/mol. The minimum Gasteiger partial charge on any atom is -0.481 e. The van der Waals surface area contributed by atoms with E-state index in [9.17, 15) is 33.6 Å². The summed E-state index contributed by atoms with van der Waals surface area (Å²) in [5, 5.41) is 8.32. The zero-order chi connectivity index (χ0) is 49.5. The van der Waals surface area contributed by atoms with Gasteiger partial charge in [0.1, 0.15) is 5.60 Å². The van der Waals surface area contributed by atoms with Crippen molar-refractivity contribution in [3.8, 4) is 0 Å². The zero-order valence-electron chi connectivity index (χ0n) is 41.6. The van der Waals surface area contributed by atoms with Gasteiger partial charge in [0, 0.05) is 133 Å². The first-order valence-corrected chi connectivity index (χ1v) is 25.9. The molecule has 8 aliphatic rings. The maximum atomic E-state index is 12.6. The molecule has 0 aliphatic carbocycles. The van der Waals surface area contributed by atoms with E-state index in [1.165, 1.54) is 0 Å². The van der Waals surface area contributed by atoms with E-state index in [1.54, 1.807) is 4.90 Å². The molecule has 0 saturated carbocycles. The van der Waals surface area contributed by atoms with Crippen LogP contribution >= 0.6 is 0 Å². The summed E-state index contributed by atoms with van der Waals surface area (Å²) in [4.78, 5) is 99.2. The van der Waals surface area contributed by atoms with Crippen LogP contribution in [-0.4, -0.2) is 184 Å². The van der Waals surface area contributed by atoms with Crippen LogP contribution in [0.4, 0.5) is 16.2 Å². The van der Waals surface area contributed by atoms with Crippen molar-refractivity contribution < 1.29 is 43.4 Å². The number of benzene rings is 2. The highest BCUT2D eigenvalue weighted by Gasteiger charge is 2.40. The van der Waals surface area contributed by atoms with Crippen LogP contribution < -0.4 is 9.80 Å². The number of nitrogens with zero attached hydrogens (tertiary/aromatic N) is 8. The number of carboxylic acid groups (broad SMARTS) is 1. The number of likely N-dealkylation sites (tertiary alicyclic amines) is 6. The maximum absolute atomic E-state index is 12.6. The molecule has 70 heavy (non-hydrogen) atoms. The number of hydrogen-bond donors (Lipinski definition) is 1. The first kappa shape index (κ1) is 50.8. The predicted molar refractivity (Wildman–Crippen MR) is 264 cm³/mol. The Morgan fingerprint density at radius 1 is 0.557 bits per heavy atom. The zero-order valence-corrected chi connectivity index (χ0v) is 41.6. The summed E-state index contributed by atoms with van der Waals surface area (Å²) in [5.41, 5.74) is 4.05. The fraction of sp³-hybridized carbons (Fsp3) is 0.642. The number of carbonyl (C=O) groups excluding carboxylic acids is 6. The molecule has 2 aromatic rings. The number of rotatable bonds is 10. The minimum atomic E-state index is -0.843. The number of carbonyl (C=O) groups is 7. The largest absolute Gasteiger partial charge is 0.481 e. The lowest BCUT2D eigenvalue weighted by molar-refractivity contribution is -0.138. The fourth-order valence-electron chi connectivity index (χ4n) is 11.7. The number of amides is 6. The minimum absolute atomic E-state index is 0.0612. The number of para-hydroxylation sites is 2. The van der Waals surface area contributed by atoms with Gasteiger partial charge in [0.25, 0.3) is 0 Å². The second-order valence-electron chi connectivity index (χ2n) is 21.2. The number of hydrogen-bond acceptors (Lipinski definition) is 10. The smallest absolute Gasteiger partial charge is 0.410 e. The molecule has 17 heteroatoms. The van der Waals surface area contributed by atoms with E-state index in [0.717, 1.165) is 139 Å². The van der Waals surface area contributed by atoms with Gasteiger partial charge in [-0.15, -0.1) is 0 Å². The van der Waals surface area contributed by atoms with Crippen molar-refractivity contribution in [3.63, 3.8) is 0 Å². The molecule has 17 nitrogen and oxygen atoms in total. The van der Waals surface area contributed by atoms with Crippen molar-refractivity contribution in [1.29, 1.82) is 0 Å². The lowest BCUT2D eigenvalue weighted by atomic mass is 10.0. The van der Waals surface area contributed by atoms with Crippen LogP contribution in [0.15, 0.2) is 48.5 Å². The molecule has 6 saturated heterocycles. The highest BCUT2D eigenvalue weighted by atomic mass is 16.6. The number of aliphatic carboxylic acids is 1. The molecular formula is C53H74N8O9. The summed E-state index contributed by atoms with van der Waals surface area (Å²) in [6, 6.07) is 17.7. The van der Waals surface area contributed by atoms with Gasteiger partial charge in [-0.1, -0.05) is 36.4 Å². The molecule has 0 aromatic heterocycles. The van der Waals surface area contributed by atoms with E-state index >= 15 is 0 Å². The number of fused-ring (bicyclic) bond motifs is 2. The number of carboxylic acids is 1. The molecule has 6 amide bonds. The van der Waals surface area contributed by atoms with Crippen LogP contribution in [-0.2, 0) is 46.3 Å². The number of piperidine rings is 2. The van der Waals surface area contributed by atoms with Gasteiger partial charge in [-0.3, -0.25) is 38.6 Å². The van der Waals surface area contributed by atoms with Crippen LogP contribution in [0.25, 0.3) is 0 Å². The molecule has 380 valence electrons. The third-order valence-corrected chi connectivity index (χ3v) is 15.3. The van der Waals surface area contributed by atoms with E-state index in [0.29, 0.717) is 57.3 Å². The van der Waals surface area contributed by atoms with E-state index < -0.39 is 11.6 Å². The summed E-state index contributed by atoms with van der Waals surface area (Å²) < 4.78 is 5.51. The molecule has 0 spiro atoms. The van der Waals surface area contributed by atoms with Crippen molar-refractivity contribution >= 4 is 53.0 Å². The van der Waals surface area contributed by atoms with Gasteiger partial charge in [0.2, 0.25) is 29.5 Å². The summed E-state index contributed by atoms with van der Waals surface area (Å²) in [6.07, 6.45) is 10.3. The molecule has 2 atom stereocenters. The van der Waals surface area contributed by atoms with Crippen molar-refractivity contribution in [2.75, 3.05) is 88.3 Å². The SMILES string of the molecule is CC(C)(C)OC(=O)N1CC[C@H](N2CCC(N3C(=O)Cc4ccccc43)CC2)C1.O=C(O)CCN1CCCC1=O.O=C1CCCN1CCC(=O)N1CC[C@H](N2CCC(N3C(=O)Cc4ccccc43)CC2)C1. The quantitative estimate of drug-likeness (QED) is 0.347. The van der Waals surface area contributed by atoms with E-state index in [-0.39, 0.29) is 54.1 Å².